The Morgan fingerprint density at radius 1 is 1.59 bits per heavy atom. The molecule has 0 aliphatic rings. The minimum Gasteiger partial charge on any atom is -0.497 e. The molecule has 1 aromatic rings. The molecule has 1 atom stereocenters. The molecule has 0 amide bonds. The van der Waals surface area contributed by atoms with Crippen molar-refractivity contribution < 1.29 is 19.9 Å². The number of benzene rings is 1. The molecular formula is C10H14N2O5. The lowest BCUT2D eigenvalue weighted by atomic mass is 10.2. The van der Waals surface area contributed by atoms with Crippen LogP contribution in [0, 0.1) is 10.1 Å². The van der Waals surface area contributed by atoms with Gasteiger partial charge in [-0.25, -0.2) is 0 Å². The lowest BCUT2D eigenvalue weighted by Gasteiger charge is -2.11. The van der Waals surface area contributed by atoms with Crippen LogP contribution in [0.3, 0.4) is 0 Å². The molecular weight excluding hydrogens is 228 g/mol. The summed E-state index contributed by atoms with van der Waals surface area (Å²) < 4.78 is 4.95. The predicted octanol–water partition coefficient (Wildman–Crippen LogP) is 0.368. The number of nitro benzene ring substituents is 1. The van der Waals surface area contributed by atoms with E-state index >= 15 is 0 Å². The summed E-state index contributed by atoms with van der Waals surface area (Å²) in [4.78, 5) is 10.2. The van der Waals surface area contributed by atoms with Gasteiger partial charge in [-0.05, 0) is 6.07 Å². The molecule has 0 bridgehead atoms. The molecule has 3 N–H and O–H groups in total. The smallest absolute Gasteiger partial charge is 0.292 e. The highest BCUT2D eigenvalue weighted by Crippen LogP contribution is 2.28. The van der Waals surface area contributed by atoms with Crippen LogP contribution in [0.25, 0.3) is 0 Å². The van der Waals surface area contributed by atoms with E-state index in [9.17, 15) is 10.1 Å². The van der Waals surface area contributed by atoms with Gasteiger partial charge in [0, 0.05) is 18.7 Å². The number of hydrogen-bond donors (Lipinski definition) is 3. The third-order valence-electron chi connectivity index (χ3n) is 2.14. The SMILES string of the molecule is COc1ccc([N+](=O)[O-])c(NCC(O)CO)c1. The summed E-state index contributed by atoms with van der Waals surface area (Å²) in [5.41, 5.74) is 0.123. The first kappa shape index (κ1) is 13.2. The van der Waals surface area contributed by atoms with Crippen LogP contribution in [0.15, 0.2) is 18.2 Å². The fourth-order valence-corrected chi connectivity index (χ4v) is 1.24. The van der Waals surface area contributed by atoms with E-state index in [1.807, 2.05) is 0 Å². The first-order chi connectivity index (χ1) is 8.08. The van der Waals surface area contributed by atoms with Crippen LogP contribution in [-0.2, 0) is 0 Å². The van der Waals surface area contributed by atoms with E-state index in [1.54, 1.807) is 0 Å². The summed E-state index contributed by atoms with van der Waals surface area (Å²) in [5, 5.41) is 31.2. The Labute approximate surface area is 97.8 Å². The lowest BCUT2D eigenvalue weighted by Crippen LogP contribution is -2.23. The number of ether oxygens (including phenoxy) is 1. The Balaban J connectivity index is 2.89. The van der Waals surface area contributed by atoms with Gasteiger partial charge in [0.25, 0.3) is 5.69 Å². The zero-order valence-electron chi connectivity index (χ0n) is 9.29. The fourth-order valence-electron chi connectivity index (χ4n) is 1.24. The van der Waals surface area contributed by atoms with Gasteiger partial charge in [0.05, 0.1) is 24.7 Å². The number of hydrogen-bond acceptors (Lipinski definition) is 6. The average Bonchev–Trinajstić information content (AvgIpc) is 2.35. The Bertz CT molecular complexity index is 396. The van der Waals surface area contributed by atoms with Crippen LogP contribution in [0.5, 0.6) is 5.75 Å². The molecule has 1 rings (SSSR count). The van der Waals surface area contributed by atoms with Gasteiger partial charge in [-0.1, -0.05) is 0 Å². The van der Waals surface area contributed by atoms with E-state index in [1.165, 1.54) is 25.3 Å². The second kappa shape index (κ2) is 6.02. The molecule has 0 aliphatic heterocycles. The van der Waals surface area contributed by atoms with Crippen molar-refractivity contribution in [1.29, 1.82) is 0 Å². The van der Waals surface area contributed by atoms with Gasteiger partial charge in [0.1, 0.15) is 11.4 Å². The highest BCUT2D eigenvalue weighted by atomic mass is 16.6. The number of aliphatic hydroxyl groups is 2. The minimum absolute atomic E-state index is 0.0184. The van der Waals surface area contributed by atoms with Gasteiger partial charge in [-0.2, -0.15) is 0 Å². The molecule has 1 aromatic carbocycles. The second-order valence-corrected chi connectivity index (χ2v) is 3.36. The van der Waals surface area contributed by atoms with Crippen molar-refractivity contribution in [2.45, 2.75) is 6.10 Å². The third-order valence-corrected chi connectivity index (χ3v) is 2.14. The van der Waals surface area contributed by atoms with Crippen LogP contribution < -0.4 is 10.1 Å². The summed E-state index contributed by atoms with van der Waals surface area (Å²) in [6, 6.07) is 4.25. The largest absolute Gasteiger partial charge is 0.497 e. The summed E-state index contributed by atoms with van der Waals surface area (Å²) in [5.74, 6) is 0.469. The highest BCUT2D eigenvalue weighted by molar-refractivity contribution is 5.64. The molecule has 94 valence electrons. The van der Waals surface area contributed by atoms with Crippen molar-refractivity contribution in [1.82, 2.24) is 0 Å². The quantitative estimate of drug-likeness (QED) is 0.491. The van der Waals surface area contributed by atoms with Gasteiger partial charge in [-0.15, -0.1) is 0 Å². The summed E-state index contributed by atoms with van der Waals surface area (Å²) in [6.07, 6.45) is -0.971. The zero-order chi connectivity index (χ0) is 12.8. The van der Waals surface area contributed by atoms with Crippen molar-refractivity contribution in [3.8, 4) is 5.75 Å². The van der Waals surface area contributed by atoms with Crippen LogP contribution in [0.2, 0.25) is 0 Å². The van der Waals surface area contributed by atoms with Crippen molar-refractivity contribution >= 4 is 11.4 Å². The van der Waals surface area contributed by atoms with E-state index < -0.39 is 17.6 Å². The molecule has 7 nitrogen and oxygen atoms in total. The number of rotatable bonds is 6. The van der Waals surface area contributed by atoms with E-state index in [4.69, 9.17) is 14.9 Å². The maximum Gasteiger partial charge on any atom is 0.292 e. The Morgan fingerprint density at radius 2 is 2.29 bits per heavy atom. The number of aliphatic hydroxyl groups excluding tert-OH is 2. The van der Waals surface area contributed by atoms with E-state index in [-0.39, 0.29) is 17.9 Å². The monoisotopic (exact) mass is 242 g/mol. The number of anilines is 1. The zero-order valence-corrected chi connectivity index (χ0v) is 9.29. The van der Waals surface area contributed by atoms with E-state index in [0.29, 0.717) is 5.75 Å². The topological polar surface area (TPSA) is 105 Å². The molecule has 0 aromatic heterocycles. The van der Waals surface area contributed by atoms with E-state index in [2.05, 4.69) is 5.32 Å². The van der Waals surface area contributed by atoms with Gasteiger partial charge in [-0.3, -0.25) is 10.1 Å². The molecule has 0 fully saturated rings. The molecule has 0 heterocycles. The standard InChI is InChI=1S/C10H14N2O5/c1-17-8-2-3-10(12(15)16)9(4-8)11-5-7(14)6-13/h2-4,7,11,13-14H,5-6H2,1H3. The number of nitro groups is 1. The third kappa shape index (κ3) is 3.58. The van der Waals surface area contributed by atoms with Gasteiger partial charge in [0.15, 0.2) is 0 Å². The summed E-state index contributed by atoms with van der Waals surface area (Å²) in [6.45, 7) is -0.394. The van der Waals surface area contributed by atoms with Gasteiger partial charge in [0.2, 0.25) is 0 Å². The Morgan fingerprint density at radius 3 is 2.82 bits per heavy atom. The first-order valence-corrected chi connectivity index (χ1v) is 4.93. The lowest BCUT2D eigenvalue weighted by molar-refractivity contribution is -0.384. The number of nitrogens with one attached hydrogen (secondary N) is 1. The normalized spacial score (nSPS) is 11.9. The first-order valence-electron chi connectivity index (χ1n) is 4.93. The second-order valence-electron chi connectivity index (χ2n) is 3.36. The maximum atomic E-state index is 10.7. The van der Waals surface area contributed by atoms with E-state index in [0.717, 1.165) is 0 Å². The Hall–Kier alpha value is -1.86. The van der Waals surface area contributed by atoms with Crippen LogP contribution >= 0.6 is 0 Å². The fraction of sp³-hybridized carbons (Fsp3) is 0.400. The molecule has 0 saturated heterocycles. The van der Waals surface area contributed by atoms with Gasteiger partial charge < -0.3 is 20.3 Å². The van der Waals surface area contributed by atoms with Crippen molar-refractivity contribution in [2.75, 3.05) is 25.6 Å². The van der Waals surface area contributed by atoms with Crippen molar-refractivity contribution in [2.24, 2.45) is 0 Å². The van der Waals surface area contributed by atoms with Crippen LogP contribution in [0.1, 0.15) is 0 Å². The predicted molar refractivity (Wildman–Crippen MR) is 61.2 cm³/mol. The molecule has 0 spiro atoms. The van der Waals surface area contributed by atoms with Crippen molar-refractivity contribution in [3.63, 3.8) is 0 Å². The van der Waals surface area contributed by atoms with Crippen LogP contribution in [0.4, 0.5) is 11.4 Å². The highest BCUT2D eigenvalue weighted by Gasteiger charge is 2.15. The molecule has 0 radical (unpaired) electrons. The molecule has 7 heteroatoms. The number of nitrogens with zero attached hydrogens (tertiary/aromatic N) is 1. The minimum atomic E-state index is -0.971. The average molecular weight is 242 g/mol. The molecule has 0 saturated carbocycles. The molecule has 17 heavy (non-hydrogen) atoms. The Kier molecular flexibility index (Phi) is 4.68. The summed E-state index contributed by atoms with van der Waals surface area (Å²) >= 11 is 0. The van der Waals surface area contributed by atoms with Crippen molar-refractivity contribution in [3.05, 3.63) is 28.3 Å². The summed E-state index contributed by atoms with van der Waals surface area (Å²) in [7, 11) is 1.45. The number of methoxy groups -OCH3 is 1. The molecule has 0 aliphatic carbocycles. The van der Waals surface area contributed by atoms with Gasteiger partial charge >= 0.3 is 0 Å². The van der Waals surface area contributed by atoms with Crippen LogP contribution in [-0.4, -0.2) is 41.5 Å². The maximum absolute atomic E-state index is 10.7. The molecule has 1 unspecified atom stereocenters.